The monoisotopic (exact) mass is 291 g/mol. The quantitative estimate of drug-likeness (QED) is 0.720. The van der Waals surface area contributed by atoms with Gasteiger partial charge in [0.1, 0.15) is 0 Å². The lowest BCUT2D eigenvalue weighted by Crippen LogP contribution is -2.14. The Labute approximate surface area is 131 Å². The van der Waals surface area contributed by atoms with Crippen LogP contribution >= 0.6 is 0 Å². The standard InChI is InChI=1S/C19H21N3/c1-14-5-9-16(10-6-14)18-13-22(19(20-18)21(3)4)17-11-7-15(2)8-12-17/h5-13H,1-4H3. The van der Waals surface area contributed by atoms with Crippen molar-refractivity contribution in [2.75, 3.05) is 19.0 Å². The highest BCUT2D eigenvalue weighted by Crippen LogP contribution is 2.26. The zero-order chi connectivity index (χ0) is 15.7. The molecule has 0 atom stereocenters. The van der Waals surface area contributed by atoms with E-state index in [-0.39, 0.29) is 0 Å². The third-order valence-corrected chi connectivity index (χ3v) is 3.75. The molecule has 3 rings (SSSR count). The third kappa shape index (κ3) is 2.75. The lowest BCUT2D eigenvalue weighted by atomic mass is 10.1. The summed E-state index contributed by atoms with van der Waals surface area (Å²) in [5, 5.41) is 0. The summed E-state index contributed by atoms with van der Waals surface area (Å²) < 4.78 is 2.13. The molecule has 0 fully saturated rings. The summed E-state index contributed by atoms with van der Waals surface area (Å²) in [4.78, 5) is 6.84. The van der Waals surface area contributed by atoms with Crippen molar-refractivity contribution < 1.29 is 0 Å². The van der Waals surface area contributed by atoms with Crippen LogP contribution in [0.3, 0.4) is 0 Å². The Kier molecular flexibility index (Phi) is 3.72. The van der Waals surface area contributed by atoms with E-state index in [1.54, 1.807) is 0 Å². The number of anilines is 1. The molecule has 0 radical (unpaired) electrons. The zero-order valence-electron chi connectivity index (χ0n) is 13.5. The number of hydrogen-bond acceptors (Lipinski definition) is 2. The predicted molar refractivity (Wildman–Crippen MR) is 92.8 cm³/mol. The molecule has 0 saturated carbocycles. The van der Waals surface area contributed by atoms with Gasteiger partial charge in [-0.25, -0.2) is 4.98 Å². The number of nitrogens with zero attached hydrogens (tertiary/aromatic N) is 3. The average molecular weight is 291 g/mol. The molecule has 0 aliphatic rings. The van der Waals surface area contributed by atoms with Gasteiger partial charge in [0, 0.05) is 31.5 Å². The Morgan fingerprint density at radius 1 is 0.818 bits per heavy atom. The van der Waals surface area contributed by atoms with E-state index in [2.05, 4.69) is 73.1 Å². The van der Waals surface area contributed by atoms with Gasteiger partial charge in [-0.3, -0.25) is 4.57 Å². The molecule has 0 saturated heterocycles. The maximum atomic E-state index is 4.80. The van der Waals surface area contributed by atoms with Crippen molar-refractivity contribution in [2.45, 2.75) is 13.8 Å². The van der Waals surface area contributed by atoms with E-state index in [1.165, 1.54) is 11.1 Å². The predicted octanol–water partition coefficient (Wildman–Crippen LogP) is 4.22. The van der Waals surface area contributed by atoms with E-state index >= 15 is 0 Å². The lowest BCUT2D eigenvalue weighted by Gasteiger charge is -2.14. The number of aryl methyl sites for hydroxylation is 2. The highest BCUT2D eigenvalue weighted by atomic mass is 15.3. The van der Waals surface area contributed by atoms with Gasteiger partial charge in [0.2, 0.25) is 5.95 Å². The molecule has 1 aromatic heterocycles. The number of imidazole rings is 1. The lowest BCUT2D eigenvalue weighted by molar-refractivity contribution is 0.954. The average Bonchev–Trinajstić information content (AvgIpc) is 2.94. The molecule has 3 heteroatoms. The van der Waals surface area contributed by atoms with Crippen molar-refractivity contribution in [3.8, 4) is 16.9 Å². The van der Waals surface area contributed by atoms with Crippen LogP contribution in [0.2, 0.25) is 0 Å². The number of benzene rings is 2. The van der Waals surface area contributed by atoms with Gasteiger partial charge in [0.15, 0.2) is 0 Å². The zero-order valence-corrected chi connectivity index (χ0v) is 13.5. The van der Waals surface area contributed by atoms with E-state index in [9.17, 15) is 0 Å². The number of rotatable bonds is 3. The third-order valence-electron chi connectivity index (χ3n) is 3.75. The van der Waals surface area contributed by atoms with Crippen molar-refractivity contribution in [1.82, 2.24) is 9.55 Å². The first kappa shape index (κ1) is 14.4. The number of aromatic nitrogens is 2. The molecule has 112 valence electrons. The normalized spacial score (nSPS) is 10.7. The summed E-state index contributed by atoms with van der Waals surface area (Å²) in [6.45, 7) is 4.20. The molecule has 0 N–H and O–H groups in total. The molecular weight excluding hydrogens is 270 g/mol. The van der Waals surface area contributed by atoms with Crippen LogP contribution < -0.4 is 4.90 Å². The minimum absolute atomic E-state index is 0.930. The van der Waals surface area contributed by atoms with Gasteiger partial charge in [-0.1, -0.05) is 47.5 Å². The highest BCUT2D eigenvalue weighted by Gasteiger charge is 2.12. The van der Waals surface area contributed by atoms with Gasteiger partial charge in [0.25, 0.3) is 0 Å². The van der Waals surface area contributed by atoms with Crippen LogP contribution in [0.5, 0.6) is 0 Å². The first-order valence-electron chi connectivity index (χ1n) is 7.45. The van der Waals surface area contributed by atoms with E-state index in [0.717, 1.165) is 22.9 Å². The Hall–Kier alpha value is -2.55. The fraction of sp³-hybridized carbons (Fsp3) is 0.211. The maximum Gasteiger partial charge on any atom is 0.210 e. The molecule has 0 bridgehead atoms. The maximum absolute atomic E-state index is 4.80. The fourth-order valence-corrected chi connectivity index (χ4v) is 2.44. The Bertz CT molecular complexity index is 765. The molecule has 22 heavy (non-hydrogen) atoms. The number of hydrogen-bond donors (Lipinski definition) is 0. The minimum Gasteiger partial charge on any atom is -0.348 e. The molecule has 0 amide bonds. The van der Waals surface area contributed by atoms with Crippen molar-refractivity contribution >= 4 is 5.95 Å². The molecule has 3 nitrogen and oxygen atoms in total. The molecule has 0 unspecified atom stereocenters. The molecular formula is C19H21N3. The summed E-state index contributed by atoms with van der Waals surface area (Å²) in [5.41, 5.74) is 5.77. The second kappa shape index (κ2) is 5.68. The molecule has 0 aliphatic heterocycles. The first-order valence-corrected chi connectivity index (χ1v) is 7.45. The Morgan fingerprint density at radius 2 is 1.36 bits per heavy atom. The molecule has 3 aromatic rings. The molecule has 0 spiro atoms. The van der Waals surface area contributed by atoms with Crippen molar-refractivity contribution in [3.63, 3.8) is 0 Å². The summed E-state index contributed by atoms with van der Waals surface area (Å²) in [6, 6.07) is 17.0. The first-order chi connectivity index (χ1) is 10.5. The van der Waals surface area contributed by atoms with Crippen LogP contribution in [0.1, 0.15) is 11.1 Å². The van der Waals surface area contributed by atoms with E-state index in [0.29, 0.717) is 0 Å². The second-order valence-corrected chi connectivity index (χ2v) is 5.89. The van der Waals surface area contributed by atoms with Crippen molar-refractivity contribution in [2.24, 2.45) is 0 Å². The van der Waals surface area contributed by atoms with Gasteiger partial charge >= 0.3 is 0 Å². The van der Waals surface area contributed by atoms with Crippen LogP contribution in [-0.4, -0.2) is 23.6 Å². The van der Waals surface area contributed by atoms with E-state index in [4.69, 9.17) is 4.98 Å². The minimum atomic E-state index is 0.930. The van der Waals surface area contributed by atoms with Crippen molar-refractivity contribution in [3.05, 3.63) is 65.9 Å². The molecule has 0 aliphatic carbocycles. The van der Waals surface area contributed by atoms with Gasteiger partial charge in [-0.2, -0.15) is 0 Å². The summed E-state index contributed by atoms with van der Waals surface area (Å²) in [7, 11) is 4.04. The van der Waals surface area contributed by atoms with E-state index in [1.807, 2.05) is 19.0 Å². The second-order valence-electron chi connectivity index (χ2n) is 5.89. The van der Waals surface area contributed by atoms with E-state index < -0.39 is 0 Å². The van der Waals surface area contributed by atoms with Gasteiger partial charge in [0.05, 0.1) is 5.69 Å². The topological polar surface area (TPSA) is 21.1 Å². The Morgan fingerprint density at radius 3 is 1.91 bits per heavy atom. The largest absolute Gasteiger partial charge is 0.348 e. The Balaban J connectivity index is 2.09. The SMILES string of the molecule is Cc1ccc(-c2cn(-c3ccc(C)cc3)c(N(C)C)n2)cc1. The highest BCUT2D eigenvalue weighted by molar-refractivity contribution is 5.63. The smallest absolute Gasteiger partial charge is 0.210 e. The molecule has 1 heterocycles. The van der Waals surface area contributed by atoms with Gasteiger partial charge in [-0.15, -0.1) is 0 Å². The van der Waals surface area contributed by atoms with Crippen LogP contribution in [-0.2, 0) is 0 Å². The van der Waals surface area contributed by atoms with Crippen molar-refractivity contribution in [1.29, 1.82) is 0 Å². The molecule has 2 aromatic carbocycles. The van der Waals surface area contributed by atoms with Crippen LogP contribution in [0, 0.1) is 13.8 Å². The van der Waals surface area contributed by atoms with Crippen LogP contribution in [0.25, 0.3) is 16.9 Å². The van der Waals surface area contributed by atoms with Gasteiger partial charge in [-0.05, 0) is 26.0 Å². The summed E-state index contributed by atoms with van der Waals surface area (Å²) in [6.07, 6.45) is 2.10. The van der Waals surface area contributed by atoms with Crippen LogP contribution in [0.15, 0.2) is 54.7 Å². The van der Waals surface area contributed by atoms with Gasteiger partial charge < -0.3 is 4.90 Å². The summed E-state index contributed by atoms with van der Waals surface area (Å²) in [5.74, 6) is 0.930. The summed E-state index contributed by atoms with van der Waals surface area (Å²) >= 11 is 0. The fourth-order valence-electron chi connectivity index (χ4n) is 2.44. The van der Waals surface area contributed by atoms with Crippen LogP contribution in [0.4, 0.5) is 5.95 Å².